The number of aromatic nitrogens is 2. The summed E-state index contributed by atoms with van der Waals surface area (Å²) < 4.78 is 0. The van der Waals surface area contributed by atoms with E-state index >= 15 is 0 Å². The Balaban J connectivity index is 1.92. The van der Waals surface area contributed by atoms with E-state index < -0.39 is 0 Å². The molecule has 0 bridgehead atoms. The number of nitrogens with zero attached hydrogens (tertiary/aromatic N) is 2. The highest BCUT2D eigenvalue weighted by atomic mass is 16.2. The Morgan fingerprint density at radius 1 is 1.50 bits per heavy atom. The summed E-state index contributed by atoms with van der Waals surface area (Å²) in [4.78, 5) is 19.5. The van der Waals surface area contributed by atoms with E-state index in [1.54, 1.807) is 6.92 Å². The lowest BCUT2D eigenvalue weighted by Crippen LogP contribution is -2.39. The molecule has 2 rings (SSSR count). The molecule has 0 spiro atoms. The molecule has 1 aromatic heterocycles. The van der Waals surface area contributed by atoms with E-state index in [2.05, 4.69) is 20.6 Å². The van der Waals surface area contributed by atoms with Gasteiger partial charge in [0.1, 0.15) is 6.04 Å². The maximum atomic E-state index is 11.6. The second-order valence-electron chi connectivity index (χ2n) is 3.94. The number of carbonyl (C=O) groups is 1. The third kappa shape index (κ3) is 2.59. The fourth-order valence-corrected chi connectivity index (χ4v) is 1.28. The quantitative estimate of drug-likeness (QED) is 0.672. The van der Waals surface area contributed by atoms with Gasteiger partial charge in [0.2, 0.25) is 5.91 Å². The van der Waals surface area contributed by atoms with Gasteiger partial charge in [-0.3, -0.25) is 4.79 Å². The number of amides is 1. The van der Waals surface area contributed by atoms with Crippen LogP contribution in [0.3, 0.4) is 0 Å². The van der Waals surface area contributed by atoms with Crippen LogP contribution in [-0.2, 0) is 4.79 Å². The lowest BCUT2D eigenvalue weighted by molar-refractivity contribution is -0.121. The fraction of sp³-hybridized carbons (Fsp3) is 0.500. The van der Waals surface area contributed by atoms with Crippen LogP contribution >= 0.6 is 0 Å². The molecule has 1 aromatic rings. The summed E-state index contributed by atoms with van der Waals surface area (Å²) in [5.41, 5.74) is 5.61. The zero-order chi connectivity index (χ0) is 11.5. The Morgan fingerprint density at radius 2 is 2.19 bits per heavy atom. The van der Waals surface area contributed by atoms with Crippen molar-refractivity contribution in [2.24, 2.45) is 0 Å². The number of hydrogen-bond acceptors (Lipinski definition) is 5. The number of nitrogens with one attached hydrogen (secondary N) is 2. The molecule has 1 unspecified atom stereocenters. The number of hydrogen-bond donors (Lipinski definition) is 3. The monoisotopic (exact) mass is 221 g/mol. The first-order valence-electron chi connectivity index (χ1n) is 5.30. The van der Waals surface area contributed by atoms with E-state index in [9.17, 15) is 4.79 Å². The third-order valence-corrected chi connectivity index (χ3v) is 2.40. The van der Waals surface area contributed by atoms with Crippen LogP contribution in [0.15, 0.2) is 12.4 Å². The molecule has 86 valence electrons. The van der Waals surface area contributed by atoms with E-state index in [0.29, 0.717) is 17.7 Å². The molecule has 0 radical (unpaired) electrons. The second-order valence-corrected chi connectivity index (χ2v) is 3.94. The summed E-state index contributed by atoms with van der Waals surface area (Å²) in [5, 5.41) is 5.84. The van der Waals surface area contributed by atoms with Crippen LogP contribution in [0.1, 0.15) is 19.8 Å². The van der Waals surface area contributed by atoms with Gasteiger partial charge in [-0.05, 0) is 19.8 Å². The van der Waals surface area contributed by atoms with Gasteiger partial charge in [0.25, 0.3) is 0 Å². The summed E-state index contributed by atoms with van der Waals surface area (Å²) >= 11 is 0. The zero-order valence-corrected chi connectivity index (χ0v) is 9.10. The van der Waals surface area contributed by atoms with Gasteiger partial charge in [0.15, 0.2) is 11.6 Å². The van der Waals surface area contributed by atoms with Crippen LogP contribution in [-0.4, -0.2) is 28.0 Å². The number of nitrogen functional groups attached to an aromatic ring is 1. The van der Waals surface area contributed by atoms with E-state index in [-0.39, 0.29) is 11.9 Å². The second kappa shape index (κ2) is 4.34. The summed E-state index contributed by atoms with van der Waals surface area (Å²) in [5.74, 6) is 0.710. The molecule has 1 heterocycles. The first-order valence-corrected chi connectivity index (χ1v) is 5.30. The van der Waals surface area contributed by atoms with Crippen LogP contribution < -0.4 is 16.4 Å². The van der Waals surface area contributed by atoms with Gasteiger partial charge in [-0.2, -0.15) is 0 Å². The Kier molecular flexibility index (Phi) is 2.89. The van der Waals surface area contributed by atoms with Crippen molar-refractivity contribution in [2.75, 3.05) is 11.1 Å². The minimum atomic E-state index is -0.361. The van der Waals surface area contributed by atoms with Gasteiger partial charge in [-0.1, -0.05) is 0 Å². The Hall–Kier alpha value is -1.85. The highest BCUT2D eigenvalue weighted by molar-refractivity contribution is 5.85. The molecule has 6 nitrogen and oxygen atoms in total. The van der Waals surface area contributed by atoms with Crippen LogP contribution in [0.5, 0.6) is 0 Å². The predicted octanol–water partition coefficient (Wildman–Crippen LogP) is 0.138. The summed E-state index contributed by atoms with van der Waals surface area (Å²) in [6.07, 6.45) is 5.19. The van der Waals surface area contributed by atoms with Gasteiger partial charge < -0.3 is 16.4 Å². The molecule has 1 aliphatic rings. The lowest BCUT2D eigenvalue weighted by atomic mass is 10.3. The van der Waals surface area contributed by atoms with E-state index in [1.807, 2.05) is 0 Å². The minimum absolute atomic E-state index is 0.0347. The van der Waals surface area contributed by atoms with E-state index in [1.165, 1.54) is 12.4 Å². The van der Waals surface area contributed by atoms with Gasteiger partial charge in [0.05, 0.1) is 0 Å². The number of anilines is 2. The van der Waals surface area contributed by atoms with Crippen molar-refractivity contribution in [3.05, 3.63) is 12.4 Å². The number of nitrogens with two attached hydrogens (primary N) is 1. The molecule has 4 N–H and O–H groups in total. The van der Waals surface area contributed by atoms with Crippen LogP contribution in [0.25, 0.3) is 0 Å². The molecule has 0 aliphatic heterocycles. The summed E-state index contributed by atoms with van der Waals surface area (Å²) in [7, 11) is 0. The molecule has 1 atom stereocenters. The average Bonchev–Trinajstić information content (AvgIpc) is 3.05. The van der Waals surface area contributed by atoms with Crippen molar-refractivity contribution in [3.8, 4) is 0 Å². The highest BCUT2D eigenvalue weighted by Crippen LogP contribution is 2.19. The van der Waals surface area contributed by atoms with Gasteiger partial charge in [-0.25, -0.2) is 9.97 Å². The molecule has 1 fully saturated rings. The highest BCUT2D eigenvalue weighted by Gasteiger charge is 2.25. The first kappa shape index (κ1) is 10.7. The molecule has 0 aromatic carbocycles. The normalized spacial score (nSPS) is 16.6. The molecule has 1 amide bonds. The SMILES string of the molecule is CC(Nc1nccnc1N)C(=O)NC1CC1. The molecule has 6 heteroatoms. The number of rotatable bonds is 4. The topological polar surface area (TPSA) is 92.9 Å². The van der Waals surface area contributed by atoms with Crippen molar-refractivity contribution in [3.63, 3.8) is 0 Å². The van der Waals surface area contributed by atoms with Crippen molar-refractivity contribution in [2.45, 2.75) is 31.8 Å². The standard InChI is InChI=1S/C10H15N5O/c1-6(10(16)15-7-2-3-7)14-9-8(11)12-4-5-13-9/h4-7H,2-3H2,1H3,(H2,11,12)(H,13,14)(H,15,16). The Bertz CT molecular complexity index is 391. The van der Waals surface area contributed by atoms with E-state index in [0.717, 1.165) is 12.8 Å². The summed E-state index contributed by atoms with van der Waals surface area (Å²) in [6.45, 7) is 1.77. The molecule has 16 heavy (non-hydrogen) atoms. The molecular formula is C10H15N5O. The third-order valence-electron chi connectivity index (χ3n) is 2.40. The van der Waals surface area contributed by atoms with Crippen molar-refractivity contribution < 1.29 is 4.79 Å². The largest absolute Gasteiger partial charge is 0.381 e. The summed E-state index contributed by atoms with van der Waals surface area (Å²) in [6, 6.07) is -0.00412. The smallest absolute Gasteiger partial charge is 0.242 e. The van der Waals surface area contributed by atoms with Gasteiger partial charge in [0, 0.05) is 18.4 Å². The molecule has 0 saturated heterocycles. The number of carbonyl (C=O) groups excluding carboxylic acids is 1. The van der Waals surface area contributed by atoms with Gasteiger partial charge in [-0.15, -0.1) is 0 Å². The minimum Gasteiger partial charge on any atom is -0.381 e. The van der Waals surface area contributed by atoms with Crippen LogP contribution in [0.4, 0.5) is 11.6 Å². The first-order chi connectivity index (χ1) is 7.66. The predicted molar refractivity (Wildman–Crippen MR) is 60.7 cm³/mol. The molecular weight excluding hydrogens is 206 g/mol. The lowest BCUT2D eigenvalue weighted by Gasteiger charge is -2.14. The average molecular weight is 221 g/mol. The fourth-order valence-electron chi connectivity index (χ4n) is 1.28. The maximum Gasteiger partial charge on any atom is 0.242 e. The van der Waals surface area contributed by atoms with Crippen LogP contribution in [0.2, 0.25) is 0 Å². The van der Waals surface area contributed by atoms with Crippen molar-refractivity contribution >= 4 is 17.5 Å². The molecule has 1 aliphatic carbocycles. The van der Waals surface area contributed by atoms with E-state index in [4.69, 9.17) is 5.73 Å². The Labute approximate surface area is 93.7 Å². The van der Waals surface area contributed by atoms with Gasteiger partial charge >= 0.3 is 0 Å². The Morgan fingerprint density at radius 3 is 2.81 bits per heavy atom. The van der Waals surface area contributed by atoms with Crippen molar-refractivity contribution in [1.29, 1.82) is 0 Å². The van der Waals surface area contributed by atoms with Crippen molar-refractivity contribution in [1.82, 2.24) is 15.3 Å². The molecule has 1 saturated carbocycles. The zero-order valence-electron chi connectivity index (χ0n) is 9.10. The van der Waals surface area contributed by atoms with Crippen LogP contribution in [0, 0.1) is 0 Å². The maximum absolute atomic E-state index is 11.6.